The van der Waals surface area contributed by atoms with Crippen molar-refractivity contribution < 1.29 is 18.9 Å². The molecule has 158 valence electrons. The third-order valence-electron chi connectivity index (χ3n) is 4.96. The van der Waals surface area contributed by atoms with E-state index >= 15 is 0 Å². The van der Waals surface area contributed by atoms with Crippen molar-refractivity contribution in [3.63, 3.8) is 0 Å². The third kappa shape index (κ3) is 3.41. The molecule has 0 amide bonds. The lowest BCUT2D eigenvalue weighted by atomic mass is 9.98. The number of hydrogen-bond donors (Lipinski definition) is 2. The molecular formula is C22H20N4O4S. The molecule has 0 spiro atoms. The number of thioether (sulfide) groups is 1. The summed E-state index contributed by atoms with van der Waals surface area (Å²) in [6.45, 7) is 0. The fourth-order valence-electron chi connectivity index (χ4n) is 3.46. The van der Waals surface area contributed by atoms with E-state index in [-0.39, 0.29) is 28.2 Å². The van der Waals surface area contributed by atoms with Crippen molar-refractivity contribution in [3.8, 4) is 34.9 Å². The Labute approximate surface area is 183 Å². The quantitative estimate of drug-likeness (QED) is 0.607. The highest BCUT2D eigenvalue weighted by Crippen LogP contribution is 2.56. The molecule has 4 N–H and O–H groups in total. The van der Waals surface area contributed by atoms with E-state index in [0.717, 1.165) is 10.5 Å². The van der Waals surface area contributed by atoms with Crippen LogP contribution in [0.15, 0.2) is 41.3 Å². The second-order valence-corrected chi connectivity index (χ2v) is 7.76. The van der Waals surface area contributed by atoms with Crippen LogP contribution in [0.3, 0.4) is 0 Å². The minimum atomic E-state index is -0.366. The normalized spacial score (nSPS) is 13.9. The molecule has 0 bridgehead atoms. The van der Waals surface area contributed by atoms with Crippen molar-refractivity contribution in [3.05, 3.63) is 53.1 Å². The molecule has 1 aromatic heterocycles. The minimum Gasteiger partial charge on any atom is -0.496 e. The van der Waals surface area contributed by atoms with Gasteiger partial charge in [-0.05, 0) is 18.2 Å². The van der Waals surface area contributed by atoms with Crippen LogP contribution in [0.2, 0.25) is 0 Å². The summed E-state index contributed by atoms with van der Waals surface area (Å²) in [4.78, 5) is 5.20. The summed E-state index contributed by atoms with van der Waals surface area (Å²) in [6.07, 6.45) is 0. The van der Waals surface area contributed by atoms with Gasteiger partial charge >= 0.3 is 0 Å². The van der Waals surface area contributed by atoms with Crippen LogP contribution >= 0.6 is 11.8 Å². The number of hydrogen-bond acceptors (Lipinski definition) is 9. The summed E-state index contributed by atoms with van der Waals surface area (Å²) >= 11 is 1.50. The van der Waals surface area contributed by atoms with E-state index in [9.17, 15) is 5.26 Å². The summed E-state index contributed by atoms with van der Waals surface area (Å²) in [5, 5.41) is 9.18. The monoisotopic (exact) mass is 436 g/mol. The van der Waals surface area contributed by atoms with E-state index in [4.69, 9.17) is 30.4 Å². The molecule has 3 aromatic rings. The van der Waals surface area contributed by atoms with E-state index in [1.165, 1.54) is 11.8 Å². The zero-order chi connectivity index (χ0) is 22.1. The number of nitriles is 1. The Kier molecular flexibility index (Phi) is 5.40. The lowest BCUT2D eigenvalue weighted by molar-refractivity contribution is 0.349. The Hall–Kier alpha value is -3.77. The van der Waals surface area contributed by atoms with Crippen molar-refractivity contribution in [2.45, 2.75) is 10.1 Å². The molecule has 9 heteroatoms. The molecule has 0 aliphatic carbocycles. The van der Waals surface area contributed by atoms with Crippen LogP contribution in [0.5, 0.6) is 28.9 Å². The number of nitrogens with two attached hydrogens (primary N) is 2. The highest BCUT2D eigenvalue weighted by Gasteiger charge is 2.35. The molecule has 1 aliphatic rings. The van der Waals surface area contributed by atoms with E-state index in [2.05, 4.69) is 4.98 Å². The van der Waals surface area contributed by atoms with Crippen molar-refractivity contribution >= 4 is 23.3 Å². The van der Waals surface area contributed by atoms with Crippen molar-refractivity contribution in [1.29, 1.82) is 5.26 Å². The Morgan fingerprint density at radius 1 is 1.03 bits per heavy atom. The standard InChI is InChI=1S/C22H20N4O4S/c1-27-13-6-4-5-7-17(13)31-20-11-8-15(28-2)16(29-3)9-14(11)30-22-18(20)19(24)12(10-23)21(25)26-22/h4-9,20H,1-3H3,(H4,24,25,26). The average molecular weight is 436 g/mol. The van der Waals surface area contributed by atoms with Gasteiger partial charge in [0.2, 0.25) is 5.88 Å². The fourth-order valence-corrected chi connectivity index (χ4v) is 4.79. The fraction of sp³-hybridized carbons (Fsp3) is 0.182. The van der Waals surface area contributed by atoms with Crippen LogP contribution in [0, 0.1) is 11.3 Å². The highest BCUT2D eigenvalue weighted by atomic mass is 32.2. The lowest BCUT2D eigenvalue weighted by Gasteiger charge is -2.30. The number of aromatic nitrogens is 1. The Morgan fingerprint density at radius 2 is 1.71 bits per heavy atom. The Balaban J connectivity index is 1.96. The molecule has 0 radical (unpaired) electrons. The van der Waals surface area contributed by atoms with Gasteiger partial charge in [0.05, 0.1) is 42.7 Å². The molecule has 2 aromatic carbocycles. The number of nitrogen functional groups attached to an aromatic ring is 2. The molecule has 4 rings (SSSR count). The Bertz CT molecular complexity index is 1210. The zero-order valence-electron chi connectivity index (χ0n) is 17.1. The van der Waals surface area contributed by atoms with Crippen LogP contribution in [0.1, 0.15) is 21.9 Å². The van der Waals surface area contributed by atoms with Gasteiger partial charge in [0.25, 0.3) is 0 Å². The molecule has 0 saturated carbocycles. The maximum Gasteiger partial charge on any atom is 0.228 e. The number of anilines is 2. The SMILES string of the molecule is COc1cc2c(cc1OC)C(Sc1ccccc1OC)c1c(nc(N)c(C#N)c1N)O2. The van der Waals surface area contributed by atoms with Gasteiger partial charge in [-0.1, -0.05) is 12.1 Å². The first-order valence-electron chi connectivity index (χ1n) is 9.24. The zero-order valence-corrected chi connectivity index (χ0v) is 17.9. The predicted molar refractivity (Wildman–Crippen MR) is 118 cm³/mol. The lowest BCUT2D eigenvalue weighted by Crippen LogP contribution is -2.15. The Morgan fingerprint density at radius 3 is 2.39 bits per heavy atom. The molecule has 31 heavy (non-hydrogen) atoms. The summed E-state index contributed by atoms with van der Waals surface area (Å²) in [6, 6.07) is 13.3. The van der Waals surface area contributed by atoms with Crippen molar-refractivity contribution in [1.82, 2.24) is 4.98 Å². The topological polar surface area (TPSA) is 126 Å². The van der Waals surface area contributed by atoms with Gasteiger partial charge in [-0.2, -0.15) is 10.2 Å². The second-order valence-electron chi connectivity index (χ2n) is 6.61. The van der Waals surface area contributed by atoms with Gasteiger partial charge in [-0.3, -0.25) is 0 Å². The maximum atomic E-state index is 9.55. The molecule has 0 saturated heterocycles. The number of rotatable bonds is 5. The summed E-state index contributed by atoms with van der Waals surface area (Å²) < 4.78 is 22.5. The van der Waals surface area contributed by atoms with E-state index < -0.39 is 0 Å². The molecule has 1 aliphatic heterocycles. The van der Waals surface area contributed by atoms with Gasteiger partial charge in [-0.25, -0.2) is 0 Å². The number of para-hydroxylation sites is 1. The number of fused-ring (bicyclic) bond motifs is 2. The highest BCUT2D eigenvalue weighted by molar-refractivity contribution is 7.99. The smallest absolute Gasteiger partial charge is 0.228 e. The van der Waals surface area contributed by atoms with Crippen LogP contribution < -0.4 is 30.4 Å². The third-order valence-corrected chi connectivity index (χ3v) is 6.28. The minimum absolute atomic E-state index is 0.0173. The molecule has 2 heterocycles. The number of pyridine rings is 1. The molecule has 8 nitrogen and oxygen atoms in total. The van der Waals surface area contributed by atoms with Crippen LogP contribution in [-0.2, 0) is 0 Å². The molecular weight excluding hydrogens is 416 g/mol. The van der Waals surface area contributed by atoms with Gasteiger partial charge in [-0.15, -0.1) is 11.8 Å². The maximum absolute atomic E-state index is 9.55. The van der Waals surface area contributed by atoms with Crippen LogP contribution in [0.25, 0.3) is 0 Å². The van der Waals surface area contributed by atoms with E-state index in [1.54, 1.807) is 27.4 Å². The number of methoxy groups -OCH3 is 3. The summed E-state index contributed by atoms with van der Waals surface area (Å²) in [5.41, 5.74) is 14.1. The first-order valence-corrected chi connectivity index (χ1v) is 10.1. The second kappa shape index (κ2) is 8.16. The van der Waals surface area contributed by atoms with E-state index in [0.29, 0.717) is 28.6 Å². The van der Waals surface area contributed by atoms with Gasteiger partial charge < -0.3 is 30.4 Å². The van der Waals surface area contributed by atoms with Crippen molar-refractivity contribution in [2.75, 3.05) is 32.8 Å². The van der Waals surface area contributed by atoms with Crippen LogP contribution in [-0.4, -0.2) is 26.3 Å². The summed E-state index contributed by atoms with van der Waals surface area (Å²) in [5.74, 6) is 2.57. The molecule has 1 atom stereocenters. The molecule has 1 unspecified atom stereocenters. The first-order chi connectivity index (χ1) is 15.0. The van der Waals surface area contributed by atoms with Gasteiger partial charge in [0, 0.05) is 11.6 Å². The summed E-state index contributed by atoms with van der Waals surface area (Å²) in [7, 11) is 4.73. The van der Waals surface area contributed by atoms with Gasteiger partial charge in [0.1, 0.15) is 28.9 Å². The average Bonchev–Trinajstić information content (AvgIpc) is 2.78. The van der Waals surface area contributed by atoms with Crippen molar-refractivity contribution in [2.24, 2.45) is 0 Å². The number of benzene rings is 2. The number of ether oxygens (including phenoxy) is 4. The first kappa shape index (κ1) is 20.5. The van der Waals surface area contributed by atoms with Gasteiger partial charge in [0.15, 0.2) is 11.5 Å². The predicted octanol–water partition coefficient (Wildman–Crippen LogP) is 4.13. The van der Waals surface area contributed by atoms with Crippen LogP contribution in [0.4, 0.5) is 11.5 Å². The molecule has 0 fully saturated rings. The van der Waals surface area contributed by atoms with E-state index in [1.807, 2.05) is 36.4 Å². The number of nitrogens with zero attached hydrogens (tertiary/aromatic N) is 2. The largest absolute Gasteiger partial charge is 0.496 e.